The molecule has 1 aliphatic carbocycles. The number of hydrogen-bond donors (Lipinski definition) is 3. The third kappa shape index (κ3) is 7.36. The van der Waals surface area contributed by atoms with Gasteiger partial charge in [-0.25, -0.2) is 4.79 Å². The Bertz CT molecular complexity index is 905. The fourth-order valence-electron chi connectivity index (χ4n) is 4.14. The number of phenols is 1. The van der Waals surface area contributed by atoms with Crippen LogP contribution < -0.4 is 10.6 Å². The van der Waals surface area contributed by atoms with E-state index in [-0.39, 0.29) is 35.6 Å². The largest absolute Gasteiger partial charge is 0.507 e. The van der Waals surface area contributed by atoms with Crippen molar-refractivity contribution in [3.63, 3.8) is 0 Å². The summed E-state index contributed by atoms with van der Waals surface area (Å²) in [5.41, 5.74) is 0.285. The lowest BCUT2D eigenvalue weighted by molar-refractivity contribution is -0.148. The van der Waals surface area contributed by atoms with Crippen LogP contribution in [0.3, 0.4) is 0 Å². The Hall–Kier alpha value is -2.77. The first-order valence-corrected chi connectivity index (χ1v) is 12.7. The number of aromatic hydroxyl groups is 1. The highest BCUT2D eigenvalue weighted by molar-refractivity contribution is 5.93. The Morgan fingerprint density at radius 2 is 1.77 bits per heavy atom. The van der Waals surface area contributed by atoms with Crippen molar-refractivity contribution in [1.82, 2.24) is 15.5 Å². The van der Waals surface area contributed by atoms with Crippen LogP contribution in [0.25, 0.3) is 0 Å². The molecular weight excluding hydrogens is 446 g/mol. The number of ether oxygens (including phenoxy) is 1. The standard InChI is InChI=1S/C27H43N3O5/c1-9-17(4)21(29-26(34)35-27(6,7)8)25(33)30(19-13-11-14-19)22(24(32)28-16(2)3)20-15-10-12-18(5)23(20)31/h10,12,15-17,19,21-22,31H,9,11,13-14H2,1-8H3,(H,28,32)(H,29,34). The molecule has 0 spiro atoms. The maximum Gasteiger partial charge on any atom is 0.408 e. The molecule has 3 atom stereocenters. The fourth-order valence-corrected chi connectivity index (χ4v) is 4.14. The SMILES string of the molecule is CCC(C)C(NC(=O)OC(C)(C)C)C(=O)N(C1CCC1)C(C(=O)NC(C)C)c1cccc(C)c1O. The maximum absolute atomic E-state index is 14.2. The van der Waals surface area contributed by atoms with E-state index in [1.165, 1.54) is 0 Å². The van der Waals surface area contributed by atoms with Gasteiger partial charge in [-0.3, -0.25) is 9.59 Å². The Morgan fingerprint density at radius 1 is 1.14 bits per heavy atom. The van der Waals surface area contributed by atoms with E-state index in [2.05, 4.69) is 10.6 Å². The molecular formula is C27H43N3O5. The monoisotopic (exact) mass is 489 g/mol. The van der Waals surface area contributed by atoms with E-state index in [1.54, 1.807) is 50.8 Å². The molecule has 1 aliphatic rings. The molecule has 3 unspecified atom stereocenters. The smallest absolute Gasteiger partial charge is 0.408 e. The van der Waals surface area contributed by atoms with E-state index < -0.39 is 23.8 Å². The van der Waals surface area contributed by atoms with Crippen LogP contribution in [0, 0.1) is 12.8 Å². The van der Waals surface area contributed by atoms with Gasteiger partial charge in [0.15, 0.2) is 0 Å². The number of alkyl carbamates (subject to hydrolysis) is 1. The second-order valence-electron chi connectivity index (χ2n) is 10.9. The van der Waals surface area contributed by atoms with Crippen LogP contribution >= 0.6 is 0 Å². The van der Waals surface area contributed by atoms with E-state index in [1.807, 2.05) is 27.7 Å². The normalized spacial score (nSPS) is 16.6. The summed E-state index contributed by atoms with van der Waals surface area (Å²) in [4.78, 5) is 42.0. The molecule has 0 saturated heterocycles. The third-order valence-electron chi connectivity index (χ3n) is 6.39. The van der Waals surface area contributed by atoms with E-state index in [4.69, 9.17) is 4.74 Å². The van der Waals surface area contributed by atoms with Crippen LogP contribution in [0.2, 0.25) is 0 Å². The van der Waals surface area contributed by atoms with Gasteiger partial charge in [0.2, 0.25) is 11.8 Å². The molecule has 0 aliphatic heterocycles. The van der Waals surface area contributed by atoms with E-state index in [9.17, 15) is 19.5 Å². The molecule has 1 aromatic carbocycles. The topological polar surface area (TPSA) is 108 Å². The summed E-state index contributed by atoms with van der Waals surface area (Å²) >= 11 is 0. The first-order chi connectivity index (χ1) is 16.3. The lowest BCUT2D eigenvalue weighted by atomic mass is 9.86. The summed E-state index contributed by atoms with van der Waals surface area (Å²) in [6.45, 7) is 14.6. The number of rotatable bonds is 9. The van der Waals surface area contributed by atoms with E-state index >= 15 is 0 Å². The van der Waals surface area contributed by atoms with Gasteiger partial charge in [-0.05, 0) is 72.3 Å². The van der Waals surface area contributed by atoms with Crippen LogP contribution in [-0.2, 0) is 14.3 Å². The van der Waals surface area contributed by atoms with Crippen molar-refractivity contribution in [3.8, 4) is 5.75 Å². The summed E-state index contributed by atoms with van der Waals surface area (Å²) in [6, 6.07) is 2.99. The summed E-state index contributed by atoms with van der Waals surface area (Å²) < 4.78 is 5.43. The van der Waals surface area contributed by atoms with Gasteiger partial charge in [-0.2, -0.15) is 0 Å². The van der Waals surface area contributed by atoms with Crippen LogP contribution in [0.15, 0.2) is 18.2 Å². The van der Waals surface area contributed by atoms with Crippen LogP contribution in [0.5, 0.6) is 5.75 Å². The van der Waals surface area contributed by atoms with Crippen molar-refractivity contribution < 1.29 is 24.2 Å². The number of carbonyl (C=O) groups excluding carboxylic acids is 3. The molecule has 196 valence electrons. The minimum Gasteiger partial charge on any atom is -0.507 e. The average molecular weight is 490 g/mol. The summed E-state index contributed by atoms with van der Waals surface area (Å²) in [5.74, 6) is -0.910. The highest BCUT2D eigenvalue weighted by Crippen LogP contribution is 2.38. The number of benzene rings is 1. The Kier molecular flexibility index (Phi) is 9.58. The van der Waals surface area contributed by atoms with Crippen molar-refractivity contribution in [1.29, 1.82) is 0 Å². The Balaban J connectivity index is 2.56. The Labute approximate surface area is 209 Å². The van der Waals surface area contributed by atoms with Crippen molar-refractivity contribution in [2.24, 2.45) is 5.92 Å². The number of amides is 3. The second kappa shape index (κ2) is 11.8. The quantitative estimate of drug-likeness (QED) is 0.470. The number of para-hydroxylation sites is 1. The molecule has 0 heterocycles. The van der Waals surface area contributed by atoms with Gasteiger partial charge < -0.3 is 25.4 Å². The van der Waals surface area contributed by atoms with Crippen molar-refractivity contribution in [2.75, 3.05) is 0 Å². The molecule has 0 radical (unpaired) electrons. The zero-order chi connectivity index (χ0) is 26.5. The van der Waals surface area contributed by atoms with Gasteiger partial charge in [0, 0.05) is 17.6 Å². The van der Waals surface area contributed by atoms with Crippen LogP contribution in [-0.4, -0.2) is 51.6 Å². The Morgan fingerprint density at radius 3 is 2.26 bits per heavy atom. The number of carbonyl (C=O) groups is 3. The minimum absolute atomic E-state index is 0.00581. The number of aryl methyl sites for hydroxylation is 1. The highest BCUT2D eigenvalue weighted by atomic mass is 16.6. The highest BCUT2D eigenvalue weighted by Gasteiger charge is 2.44. The summed E-state index contributed by atoms with van der Waals surface area (Å²) in [6.07, 6.45) is 2.42. The molecule has 1 saturated carbocycles. The molecule has 8 nitrogen and oxygen atoms in total. The molecule has 8 heteroatoms. The second-order valence-corrected chi connectivity index (χ2v) is 10.9. The summed E-state index contributed by atoms with van der Waals surface area (Å²) in [7, 11) is 0. The van der Waals surface area contributed by atoms with Crippen LogP contribution in [0.1, 0.15) is 91.3 Å². The number of phenolic OH excluding ortho intramolecular Hbond substituents is 1. The average Bonchev–Trinajstić information content (AvgIpc) is 2.70. The number of hydrogen-bond acceptors (Lipinski definition) is 5. The van der Waals surface area contributed by atoms with Gasteiger partial charge in [0.1, 0.15) is 23.4 Å². The van der Waals surface area contributed by atoms with Gasteiger partial charge in [-0.1, -0.05) is 38.5 Å². The number of nitrogens with one attached hydrogen (secondary N) is 2. The van der Waals surface area contributed by atoms with Gasteiger partial charge in [0.05, 0.1) is 0 Å². The molecule has 1 fully saturated rings. The van der Waals surface area contributed by atoms with Crippen molar-refractivity contribution in [2.45, 2.75) is 111 Å². The molecule has 0 bridgehead atoms. The fraction of sp³-hybridized carbons (Fsp3) is 0.667. The first-order valence-electron chi connectivity index (χ1n) is 12.7. The predicted molar refractivity (Wildman–Crippen MR) is 136 cm³/mol. The third-order valence-corrected chi connectivity index (χ3v) is 6.39. The number of nitrogens with zero attached hydrogens (tertiary/aromatic N) is 1. The van der Waals surface area contributed by atoms with Gasteiger partial charge in [0.25, 0.3) is 0 Å². The molecule has 2 rings (SSSR count). The molecule has 0 aromatic heterocycles. The van der Waals surface area contributed by atoms with Crippen LogP contribution in [0.4, 0.5) is 4.79 Å². The predicted octanol–water partition coefficient (Wildman–Crippen LogP) is 4.59. The van der Waals surface area contributed by atoms with Gasteiger partial charge >= 0.3 is 6.09 Å². The molecule has 35 heavy (non-hydrogen) atoms. The molecule has 3 amide bonds. The van der Waals surface area contributed by atoms with E-state index in [0.717, 1.165) is 19.3 Å². The summed E-state index contributed by atoms with van der Waals surface area (Å²) in [5, 5.41) is 16.6. The van der Waals surface area contributed by atoms with Gasteiger partial charge in [-0.15, -0.1) is 0 Å². The van der Waals surface area contributed by atoms with E-state index in [0.29, 0.717) is 17.5 Å². The first kappa shape index (κ1) is 28.5. The molecule has 3 N–H and O–H groups in total. The maximum atomic E-state index is 14.2. The minimum atomic E-state index is -1.03. The lowest BCUT2D eigenvalue weighted by Gasteiger charge is -2.44. The van der Waals surface area contributed by atoms with Crippen molar-refractivity contribution in [3.05, 3.63) is 29.3 Å². The lowest BCUT2D eigenvalue weighted by Crippen LogP contribution is -2.59. The van der Waals surface area contributed by atoms with Crippen molar-refractivity contribution >= 4 is 17.9 Å². The molecule has 1 aromatic rings. The zero-order valence-corrected chi connectivity index (χ0v) is 22.5. The zero-order valence-electron chi connectivity index (χ0n) is 22.5.